The Balaban J connectivity index is 3.33. The van der Waals surface area contributed by atoms with Crippen molar-refractivity contribution in [2.75, 3.05) is 0 Å². The van der Waals surface area contributed by atoms with E-state index in [0.717, 1.165) is 19.3 Å². The third kappa shape index (κ3) is 21.0. The van der Waals surface area contributed by atoms with E-state index >= 15 is 0 Å². The average molecular weight is 331 g/mol. The minimum absolute atomic E-state index is 1.06. The van der Waals surface area contributed by atoms with Crippen molar-refractivity contribution in [2.45, 2.75) is 104 Å². The Bertz CT molecular complexity index is 330. The molecule has 0 heteroatoms. The standard InChI is InChI=1S/C24H42/c1-3-5-7-9-11-13-15-17-19-21-23-24-22-20-18-16-14-12-10-8-6-4-2/h11,13,17-20,23-24H,3-10,12,14-16,21-22H2,1-2H3/b13-11-,19-17-,20-18-,24-23-. The Morgan fingerprint density at radius 3 is 1.21 bits per heavy atom. The zero-order valence-electron chi connectivity index (χ0n) is 16.5. The zero-order valence-corrected chi connectivity index (χ0v) is 16.5. The molecule has 0 atom stereocenters. The van der Waals surface area contributed by atoms with Crippen LogP contribution in [0.3, 0.4) is 0 Å². The van der Waals surface area contributed by atoms with Gasteiger partial charge in [0.25, 0.3) is 0 Å². The van der Waals surface area contributed by atoms with Crippen molar-refractivity contribution in [2.24, 2.45) is 0 Å². The average Bonchev–Trinajstić information content (AvgIpc) is 2.60. The molecular formula is C24H42. The molecule has 24 heavy (non-hydrogen) atoms. The summed E-state index contributed by atoms with van der Waals surface area (Å²) in [5.74, 6) is 0. The van der Waals surface area contributed by atoms with E-state index in [9.17, 15) is 0 Å². The van der Waals surface area contributed by atoms with Crippen molar-refractivity contribution in [1.29, 1.82) is 0 Å². The summed E-state index contributed by atoms with van der Waals surface area (Å²) in [5.41, 5.74) is 0. The lowest BCUT2D eigenvalue weighted by atomic mass is 10.1. The van der Waals surface area contributed by atoms with Crippen LogP contribution in [-0.4, -0.2) is 0 Å². The molecule has 0 aromatic rings. The summed E-state index contributed by atoms with van der Waals surface area (Å²) in [4.78, 5) is 0. The van der Waals surface area contributed by atoms with Crippen LogP contribution in [0.5, 0.6) is 0 Å². The van der Waals surface area contributed by atoms with Crippen LogP contribution in [-0.2, 0) is 0 Å². The van der Waals surface area contributed by atoms with Crippen LogP contribution in [0.25, 0.3) is 0 Å². The molecule has 0 fully saturated rings. The van der Waals surface area contributed by atoms with Gasteiger partial charge in [-0.05, 0) is 44.9 Å². The quantitative estimate of drug-likeness (QED) is 0.185. The van der Waals surface area contributed by atoms with E-state index < -0.39 is 0 Å². The van der Waals surface area contributed by atoms with Crippen LogP contribution in [0.15, 0.2) is 48.6 Å². The maximum absolute atomic E-state index is 2.35. The number of allylic oxidation sites excluding steroid dienone is 8. The fraction of sp³-hybridized carbons (Fsp3) is 0.667. The first-order valence-corrected chi connectivity index (χ1v) is 10.5. The first kappa shape index (κ1) is 23.0. The van der Waals surface area contributed by atoms with Crippen molar-refractivity contribution < 1.29 is 0 Å². The molecule has 0 nitrogen and oxygen atoms in total. The molecule has 0 aliphatic carbocycles. The molecule has 0 aliphatic rings. The highest BCUT2D eigenvalue weighted by atomic mass is 13.9. The number of hydrogen-bond donors (Lipinski definition) is 0. The van der Waals surface area contributed by atoms with E-state index in [2.05, 4.69) is 62.5 Å². The van der Waals surface area contributed by atoms with E-state index in [0.29, 0.717) is 0 Å². The van der Waals surface area contributed by atoms with Gasteiger partial charge in [-0.25, -0.2) is 0 Å². The highest BCUT2D eigenvalue weighted by Crippen LogP contribution is 2.07. The van der Waals surface area contributed by atoms with Crippen molar-refractivity contribution >= 4 is 0 Å². The SMILES string of the molecule is CCCCC/C=C\C/C=C\C/C=C\C/C=C\CCCCCCCC. The largest absolute Gasteiger partial charge is 0.0882 e. The first-order chi connectivity index (χ1) is 11.9. The summed E-state index contributed by atoms with van der Waals surface area (Å²) in [5, 5.41) is 0. The third-order valence-electron chi connectivity index (χ3n) is 4.18. The normalized spacial score (nSPS) is 12.6. The molecule has 0 aromatic carbocycles. The predicted octanol–water partition coefficient (Wildman–Crippen LogP) is 8.71. The Morgan fingerprint density at radius 1 is 0.375 bits per heavy atom. The van der Waals surface area contributed by atoms with Gasteiger partial charge < -0.3 is 0 Å². The summed E-state index contributed by atoms with van der Waals surface area (Å²) >= 11 is 0. The second-order valence-electron chi connectivity index (χ2n) is 6.64. The molecule has 0 radical (unpaired) electrons. The number of unbranched alkanes of at least 4 members (excludes halogenated alkanes) is 9. The molecule has 0 saturated carbocycles. The van der Waals surface area contributed by atoms with Gasteiger partial charge in [0.05, 0.1) is 0 Å². The summed E-state index contributed by atoms with van der Waals surface area (Å²) in [7, 11) is 0. The Morgan fingerprint density at radius 2 is 0.708 bits per heavy atom. The van der Waals surface area contributed by atoms with E-state index in [4.69, 9.17) is 0 Å². The lowest BCUT2D eigenvalue weighted by Crippen LogP contribution is -1.77. The number of rotatable bonds is 17. The third-order valence-corrected chi connectivity index (χ3v) is 4.18. The fourth-order valence-corrected chi connectivity index (χ4v) is 2.60. The van der Waals surface area contributed by atoms with Gasteiger partial charge in [0.2, 0.25) is 0 Å². The van der Waals surface area contributed by atoms with Crippen molar-refractivity contribution in [1.82, 2.24) is 0 Å². The molecule has 0 heterocycles. The van der Waals surface area contributed by atoms with Gasteiger partial charge in [-0.15, -0.1) is 0 Å². The molecule has 0 aliphatic heterocycles. The van der Waals surface area contributed by atoms with Crippen molar-refractivity contribution in [3.63, 3.8) is 0 Å². The smallest absolute Gasteiger partial charge is 0.0169 e. The molecule has 0 amide bonds. The molecule has 0 saturated heterocycles. The van der Waals surface area contributed by atoms with Crippen LogP contribution < -0.4 is 0 Å². The molecule has 138 valence electrons. The van der Waals surface area contributed by atoms with Gasteiger partial charge in [-0.2, -0.15) is 0 Å². The lowest BCUT2D eigenvalue weighted by Gasteiger charge is -1.97. The zero-order chi connectivity index (χ0) is 17.6. The van der Waals surface area contributed by atoms with E-state index in [1.807, 2.05) is 0 Å². The second-order valence-corrected chi connectivity index (χ2v) is 6.64. The van der Waals surface area contributed by atoms with Crippen LogP contribution in [0.2, 0.25) is 0 Å². The Hall–Kier alpha value is -1.04. The van der Waals surface area contributed by atoms with E-state index in [1.54, 1.807) is 0 Å². The van der Waals surface area contributed by atoms with Crippen LogP contribution >= 0.6 is 0 Å². The maximum atomic E-state index is 2.35. The second kappa shape index (κ2) is 22.0. The Kier molecular flexibility index (Phi) is 21.0. The Labute approximate surface area is 152 Å². The monoisotopic (exact) mass is 330 g/mol. The van der Waals surface area contributed by atoms with Crippen LogP contribution in [0.4, 0.5) is 0 Å². The van der Waals surface area contributed by atoms with Gasteiger partial charge in [0.15, 0.2) is 0 Å². The van der Waals surface area contributed by atoms with Crippen molar-refractivity contribution in [3.8, 4) is 0 Å². The van der Waals surface area contributed by atoms with Gasteiger partial charge in [-0.1, -0.05) is 107 Å². The molecule has 0 N–H and O–H groups in total. The fourth-order valence-electron chi connectivity index (χ4n) is 2.60. The van der Waals surface area contributed by atoms with Crippen LogP contribution in [0, 0.1) is 0 Å². The van der Waals surface area contributed by atoms with Crippen LogP contribution in [0.1, 0.15) is 104 Å². The van der Waals surface area contributed by atoms with Gasteiger partial charge in [0.1, 0.15) is 0 Å². The van der Waals surface area contributed by atoms with Crippen molar-refractivity contribution in [3.05, 3.63) is 48.6 Å². The summed E-state index contributed by atoms with van der Waals surface area (Å²) in [6.07, 6.45) is 36.5. The highest BCUT2D eigenvalue weighted by molar-refractivity contribution is 4.99. The molecule has 0 bridgehead atoms. The molecule has 0 unspecified atom stereocenters. The molecular weight excluding hydrogens is 288 g/mol. The molecule has 0 spiro atoms. The van der Waals surface area contributed by atoms with Gasteiger partial charge in [-0.3, -0.25) is 0 Å². The summed E-state index contributed by atoms with van der Waals surface area (Å²) < 4.78 is 0. The minimum atomic E-state index is 1.06. The summed E-state index contributed by atoms with van der Waals surface area (Å²) in [6, 6.07) is 0. The predicted molar refractivity (Wildman–Crippen MR) is 113 cm³/mol. The first-order valence-electron chi connectivity index (χ1n) is 10.5. The lowest BCUT2D eigenvalue weighted by molar-refractivity contribution is 0.611. The van der Waals surface area contributed by atoms with E-state index in [1.165, 1.54) is 70.6 Å². The molecule has 0 rings (SSSR count). The minimum Gasteiger partial charge on any atom is -0.0882 e. The highest BCUT2D eigenvalue weighted by Gasteiger charge is 1.87. The maximum Gasteiger partial charge on any atom is -0.0169 e. The van der Waals surface area contributed by atoms with Gasteiger partial charge in [0, 0.05) is 0 Å². The molecule has 0 aromatic heterocycles. The van der Waals surface area contributed by atoms with E-state index in [-0.39, 0.29) is 0 Å². The topological polar surface area (TPSA) is 0 Å². The summed E-state index contributed by atoms with van der Waals surface area (Å²) in [6.45, 7) is 4.53. The number of hydrogen-bond acceptors (Lipinski definition) is 0. The van der Waals surface area contributed by atoms with Gasteiger partial charge >= 0.3 is 0 Å².